The summed E-state index contributed by atoms with van der Waals surface area (Å²) in [7, 11) is 0. The Morgan fingerprint density at radius 3 is 2.53 bits per heavy atom. The molecule has 2 amide bonds. The molecule has 2 aromatic rings. The Morgan fingerprint density at radius 2 is 1.83 bits per heavy atom. The SMILES string of the molecule is CC[C@H](C)N1C(=O)[C@@H]2[C@H](C1=O)[C@@H](C(=O)c1cccs1)N1c3ccccc3C(C)=C[C@H]21. The van der Waals surface area contributed by atoms with E-state index in [2.05, 4.69) is 6.08 Å². The smallest absolute Gasteiger partial charge is 0.236 e. The van der Waals surface area contributed by atoms with Crippen molar-refractivity contribution < 1.29 is 14.4 Å². The fraction of sp³-hybridized carbons (Fsp3) is 0.375. The maximum Gasteiger partial charge on any atom is 0.236 e. The van der Waals surface area contributed by atoms with Gasteiger partial charge in [-0.2, -0.15) is 0 Å². The summed E-state index contributed by atoms with van der Waals surface area (Å²) in [5, 5.41) is 1.87. The van der Waals surface area contributed by atoms with E-state index in [9.17, 15) is 14.4 Å². The second-order valence-corrected chi connectivity index (χ2v) is 9.35. The number of rotatable bonds is 4. The molecule has 5 atom stereocenters. The van der Waals surface area contributed by atoms with Crippen LogP contribution in [0.1, 0.15) is 42.4 Å². The molecule has 3 aliphatic rings. The zero-order valence-corrected chi connectivity index (χ0v) is 18.1. The fourth-order valence-corrected chi connectivity index (χ4v) is 6.00. The minimum absolute atomic E-state index is 0.0718. The number of imide groups is 1. The molecule has 0 saturated carbocycles. The minimum atomic E-state index is -0.672. The van der Waals surface area contributed by atoms with Gasteiger partial charge in [-0.1, -0.05) is 37.3 Å². The number of hydrogen-bond acceptors (Lipinski definition) is 5. The molecule has 5 nitrogen and oxygen atoms in total. The van der Waals surface area contributed by atoms with Crippen LogP contribution in [0.3, 0.4) is 0 Å². The van der Waals surface area contributed by atoms with Crippen LogP contribution in [0.2, 0.25) is 0 Å². The van der Waals surface area contributed by atoms with Crippen LogP contribution in [0, 0.1) is 11.8 Å². The van der Waals surface area contributed by atoms with E-state index >= 15 is 0 Å². The fourth-order valence-electron chi connectivity index (χ4n) is 5.30. The van der Waals surface area contributed by atoms with Crippen molar-refractivity contribution in [1.82, 2.24) is 4.90 Å². The summed E-state index contributed by atoms with van der Waals surface area (Å²) in [4.78, 5) is 44.8. The van der Waals surface area contributed by atoms with Gasteiger partial charge in [-0.25, -0.2) is 0 Å². The van der Waals surface area contributed by atoms with Crippen LogP contribution in [-0.2, 0) is 9.59 Å². The standard InChI is InChI=1S/C24H24N2O3S/c1-4-14(3)25-23(28)19-17-12-13(2)15-8-5-6-9-16(15)26(17)21(20(19)24(25)29)22(27)18-10-7-11-30-18/h5-12,14,17,19-21H,4H2,1-3H3/t14-,17+,19-,20-,21-/m0/s1. The molecule has 154 valence electrons. The number of anilines is 1. The van der Waals surface area contributed by atoms with Crippen LogP contribution in [0.5, 0.6) is 0 Å². The summed E-state index contributed by atoms with van der Waals surface area (Å²) < 4.78 is 0. The zero-order chi connectivity index (χ0) is 21.2. The van der Waals surface area contributed by atoms with Crippen LogP contribution in [0.4, 0.5) is 5.69 Å². The number of carbonyl (C=O) groups excluding carboxylic acids is 3. The number of likely N-dealkylation sites (tertiary alicyclic amines) is 1. The number of hydrogen-bond donors (Lipinski definition) is 0. The summed E-state index contributed by atoms with van der Waals surface area (Å²) in [5.74, 6) is -1.59. The average molecular weight is 421 g/mol. The van der Waals surface area contributed by atoms with Gasteiger partial charge in [0, 0.05) is 17.3 Å². The third-order valence-electron chi connectivity index (χ3n) is 6.85. The Balaban J connectivity index is 1.69. The van der Waals surface area contributed by atoms with Crippen LogP contribution >= 0.6 is 11.3 Å². The van der Waals surface area contributed by atoms with Crippen LogP contribution in [0.25, 0.3) is 5.57 Å². The summed E-state index contributed by atoms with van der Waals surface area (Å²) in [6.45, 7) is 5.91. The summed E-state index contributed by atoms with van der Waals surface area (Å²) in [6.07, 6.45) is 2.78. The van der Waals surface area contributed by atoms with Gasteiger partial charge in [-0.05, 0) is 43.4 Å². The Labute approximate surface area is 180 Å². The van der Waals surface area contributed by atoms with Crippen molar-refractivity contribution in [3.63, 3.8) is 0 Å². The zero-order valence-electron chi connectivity index (χ0n) is 17.2. The number of allylic oxidation sites excluding steroid dienone is 1. The minimum Gasteiger partial charge on any atom is -0.352 e. The van der Waals surface area contributed by atoms with Crippen LogP contribution < -0.4 is 4.90 Å². The molecule has 6 heteroatoms. The van der Waals surface area contributed by atoms with Crippen molar-refractivity contribution in [3.8, 4) is 0 Å². The van der Waals surface area contributed by atoms with E-state index in [4.69, 9.17) is 0 Å². The molecule has 0 radical (unpaired) electrons. The molecule has 5 rings (SSSR count). The van der Waals surface area contributed by atoms with E-state index < -0.39 is 17.9 Å². The maximum absolute atomic E-state index is 13.7. The van der Waals surface area contributed by atoms with Crippen molar-refractivity contribution in [1.29, 1.82) is 0 Å². The van der Waals surface area contributed by atoms with Gasteiger partial charge in [0.15, 0.2) is 5.78 Å². The first-order valence-electron chi connectivity index (χ1n) is 10.5. The number of benzene rings is 1. The van der Waals surface area contributed by atoms with E-state index in [1.807, 2.05) is 61.4 Å². The highest BCUT2D eigenvalue weighted by molar-refractivity contribution is 7.12. The molecular weight excluding hydrogens is 396 g/mol. The monoisotopic (exact) mass is 420 g/mol. The van der Waals surface area contributed by atoms with Gasteiger partial charge < -0.3 is 4.90 Å². The molecule has 0 unspecified atom stereocenters. The van der Waals surface area contributed by atoms with Gasteiger partial charge in [-0.3, -0.25) is 19.3 Å². The molecule has 2 fully saturated rings. The predicted molar refractivity (Wildman–Crippen MR) is 117 cm³/mol. The Morgan fingerprint density at radius 1 is 1.10 bits per heavy atom. The van der Waals surface area contributed by atoms with Gasteiger partial charge in [0.1, 0.15) is 6.04 Å². The lowest BCUT2D eigenvalue weighted by molar-refractivity contribution is -0.142. The van der Waals surface area contributed by atoms with Crippen LogP contribution in [0.15, 0.2) is 47.9 Å². The van der Waals surface area contributed by atoms with Crippen LogP contribution in [-0.4, -0.2) is 40.6 Å². The first kappa shape index (κ1) is 19.2. The molecule has 1 aromatic carbocycles. The number of fused-ring (bicyclic) bond motifs is 5. The molecule has 0 N–H and O–H groups in total. The van der Waals surface area contributed by atoms with Crippen molar-refractivity contribution in [2.24, 2.45) is 11.8 Å². The predicted octanol–water partition coefficient (Wildman–Crippen LogP) is 4.00. The van der Waals surface area contributed by atoms with Gasteiger partial charge >= 0.3 is 0 Å². The highest BCUT2D eigenvalue weighted by Gasteiger charge is 2.64. The molecule has 3 aliphatic heterocycles. The molecule has 0 aliphatic carbocycles. The van der Waals surface area contributed by atoms with E-state index in [1.54, 1.807) is 6.07 Å². The largest absolute Gasteiger partial charge is 0.352 e. The first-order valence-corrected chi connectivity index (χ1v) is 11.3. The number of nitrogens with zero attached hydrogens (tertiary/aromatic N) is 2. The number of para-hydroxylation sites is 1. The van der Waals surface area contributed by atoms with Gasteiger partial charge in [0.05, 0.1) is 22.8 Å². The molecule has 1 aromatic heterocycles. The molecule has 0 spiro atoms. The summed E-state index contributed by atoms with van der Waals surface area (Å²) in [6, 6.07) is 10.5. The highest BCUT2D eigenvalue weighted by Crippen LogP contribution is 2.50. The number of thiophene rings is 1. The van der Waals surface area contributed by atoms with Crippen molar-refractivity contribution in [2.75, 3.05) is 4.90 Å². The average Bonchev–Trinajstić information content (AvgIpc) is 3.44. The Kier molecular flexibility index (Phi) is 4.43. The van der Waals surface area contributed by atoms with Gasteiger partial charge in [0.2, 0.25) is 11.8 Å². The van der Waals surface area contributed by atoms with Crippen molar-refractivity contribution >= 4 is 40.2 Å². The second kappa shape index (κ2) is 6.91. The lowest BCUT2D eigenvalue weighted by Gasteiger charge is -2.38. The lowest BCUT2D eigenvalue weighted by atomic mass is 9.86. The number of carbonyl (C=O) groups is 3. The maximum atomic E-state index is 13.7. The third kappa shape index (κ3) is 2.49. The topological polar surface area (TPSA) is 57.7 Å². The van der Waals surface area contributed by atoms with E-state index in [0.29, 0.717) is 11.3 Å². The van der Waals surface area contributed by atoms with Crippen molar-refractivity contribution in [2.45, 2.75) is 45.3 Å². The normalized spacial score (nSPS) is 28.2. The number of amides is 2. The first-order chi connectivity index (χ1) is 14.5. The molecule has 30 heavy (non-hydrogen) atoms. The molecule has 2 saturated heterocycles. The third-order valence-corrected chi connectivity index (χ3v) is 7.74. The number of ketones is 1. The highest BCUT2D eigenvalue weighted by atomic mass is 32.1. The second-order valence-electron chi connectivity index (χ2n) is 8.41. The summed E-state index contributed by atoms with van der Waals surface area (Å²) >= 11 is 1.39. The lowest BCUT2D eigenvalue weighted by Crippen LogP contribution is -2.50. The molecule has 0 bridgehead atoms. The Bertz CT molecular complexity index is 1070. The summed E-state index contributed by atoms with van der Waals surface area (Å²) in [5.41, 5.74) is 3.07. The van der Waals surface area contributed by atoms with E-state index in [0.717, 1.165) is 16.8 Å². The van der Waals surface area contributed by atoms with E-state index in [1.165, 1.54) is 16.2 Å². The van der Waals surface area contributed by atoms with Gasteiger partial charge in [-0.15, -0.1) is 11.3 Å². The van der Waals surface area contributed by atoms with Crippen molar-refractivity contribution in [3.05, 3.63) is 58.3 Å². The molecular formula is C24H24N2O3S. The Hall–Kier alpha value is -2.73. The van der Waals surface area contributed by atoms with E-state index in [-0.39, 0.29) is 29.7 Å². The number of Topliss-reactive ketones (excluding diaryl/α,β-unsaturated/α-hetero) is 1. The quantitative estimate of drug-likeness (QED) is 0.554. The van der Waals surface area contributed by atoms with Gasteiger partial charge in [0.25, 0.3) is 0 Å². The molecule has 4 heterocycles.